The van der Waals surface area contributed by atoms with E-state index in [4.69, 9.17) is 21.1 Å². The maximum Gasteiger partial charge on any atom is 0.328 e. The number of rotatable bonds is 15. The minimum Gasteiger partial charge on any atom is -0.469 e. The van der Waals surface area contributed by atoms with E-state index < -0.39 is 17.9 Å². The van der Waals surface area contributed by atoms with Crippen molar-refractivity contribution in [3.8, 4) is 22.6 Å². The lowest BCUT2D eigenvalue weighted by Crippen LogP contribution is -2.43. The summed E-state index contributed by atoms with van der Waals surface area (Å²) in [7, 11) is 2.67. The zero-order chi connectivity index (χ0) is 32.0. The first kappa shape index (κ1) is 33.1. The first-order valence-electron chi connectivity index (χ1n) is 14.8. The van der Waals surface area contributed by atoms with Gasteiger partial charge in [-0.15, -0.1) is 0 Å². The standard InChI is InChI=1S/C36H37ClN2O6/c1-43-34(40)11-7-4-8-22-38-32-21-18-28(37)24-31(32)35(41)39-33(36(42)44-2)23-25-12-14-26(15-13-25)27-16-19-30(20-17-27)45-29-9-5-3-6-10-29/h3,5-6,9-10,12-21,24,33,38H,4,7-8,11,22-23H2,1-2H3,(H,39,41)/t33-/m0/s1. The zero-order valence-electron chi connectivity index (χ0n) is 25.4. The molecule has 0 saturated heterocycles. The lowest BCUT2D eigenvalue weighted by Gasteiger charge is -2.19. The van der Waals surface area contributed by atoms with Crippen molar-refractivity contribution in [1.82, 2.24) is 5.32 Å². The number of amides is 1. The summed E-state index contributed by atoms with van der Waals surface area (Å²) >= 11 is 6.22. The summed E-state index contributed by atoms with van der Waals surface area (Å²) in [5.41, 5.74) is 3.79. The van der Waals surface area contributed by atoms with E-state index in [9.17, 15) is 14.4 Å². The third kappa shape index (κ3) is 10.1. The molecule has 4 aromatic carbocycles. The van der Waals surface area contributed by atoms with Gasteiger partial charge in [-0.1, -0.05) is 72.6 Å². The van der Waals surface area contributed by atoms with Crippen LogP contribution in [-0.2, 0) is 25.5 Å². The van der Waals surface area contributed by atoms with E-state index in [0.29, 0.717) is 29.2 Å². The number of nitrogens with one attached hydrogen (secondary N) is 2. The number of halogens is 1. The number of carbonyl (C=O) groups excluding carboxylic acids is 3. The lowest BCUT2D eigenvalue weighted by molar-refractivity contribution is -0.143. The second-order valence-corrected chi connectivity index (χ2v) is 10.8. The molecule has 0 aliphatic carbocycles. The number of ether oxygens (including phenoxy) is 3. The number of hydrogen-bond acceptors (Lipinski definition) is 7. The molecule has 0 aliphatic heterocycles. The highest BCUT2D eigenvalue weighted by Crippen LogP contribution is 2.26. The van der Waals surface area contributed by atoms with Crippen LogP contribution in [0.25, 0.3) is 11.1 Å². The molecule has 234 valence electrons. The second kappa shape index (κ2) is 16.9. The Kier molecular flexibility index (Phi) is 12.4. The molecular formula is C36H37ClN2O6. The molecule has 0 heterocycles. The Balaban J connectivity index is 1.37. The monoisotopic (exact) mass is 628 g/mol. The van der Waals surface area contributed by atoms with Gasteiger partial charge >= 0.3 is 11.9 Å². The molecule has 0 aliphatic rings. The van der Waals surface area contributed by atoms with Crippen molar-refractivity contribution < 1.29 is 28.6 Å². The van der Waals surface area contributed by atoms with E-state index in [1.165, 1.54) is 14.2 Å². The van der Waals surface area contributed by atoms with Crippen molar-refractivity contribution in [3.05, 3.63) is 113 Å². The topological polar surface area (TPSA) is 103 Å². The van der Waals surface area contributed by atoms with Crippen molar-refractivity contribution >= 4 is 35.1 Å². The third-order valence-corrected chi connectivity index (χ3v) is 7.41. The number of esters is 2. The van der Waals surface area contributed by atoms with Gasteiger partial charge in [0.2, 0.25) is 0 Å². The predicted molar refractivity (Wildman–Crippen MR) is 176 cm³/mol. The number of anilines is 1. The molecule has 9 heteroatoms. The first-order chi connectivity index (χ1) is 21.9. The highest BCUT2D eigenvalue weighted by Gasteiger charge is 2.24. The van der Waals surface area contributed by atoms with Crippen molar-refractivity contribution in [1.29, 1.82) is 0 Å². The zero-order valence-corrected chi connectivity index (χ0v) is 26.1. The van der Waals surface area contributed by atoms with Crippen LogP contribution in [0.5, 0.6) is 11.5 Å². The summed E-state index contributed by atoms with van der Waals surface area (Å²) in [6.07, 6.45) is 2.97. The van der Waals surface area contributed by atoms with Crippen LogP contribution >= 0.6 is 11.6 Å². The molecular weight excluding hydrogens is 592 g/mol. The Morgan fingerprint density at radius 1 is 0.756 bits per heavy atom. The molecule has 4 aromatic rings. The molecule has 0 bridgehead atoms. The van der Waals surface area contributed by atoms with Crippen LogP contribution in [0.1, 0.15) is 41.6 Å². The van der Waals surface area contributed by atoms with Crippen LogP contribution in [0.2, 0.25) is 5.02 Å². The van der Waals surface area contributed by atoms with E-state index in [1.54, 1.807) is 18.2 Å². The van der Waals surface area contributed by atoms with Gasteiger partial charge in [0.05, 0.1) is 19.8 Å². The molecule has 2 N–H and O–H groups in total. The average molecular weight is 629 g/mol. The van der Waals surface area contributed by atoms with Crippen LogP contribution in [0.3, 0.4) is 0 Å². The average Bonchev–Trinajstić information content (AvgIpc) is 3.07. The maximum atomic E-state index is 13.4. The second-order valence-electron chi connectivity index (χ2n) is 10.4. The molecule has 0 saturated carbocycles. The summed E-state index contributed by atoms with van der Waals surface area (Å²) < 4.78 is 15.6. The highest BCUT2D eigenvalue weighted by atomic mass is 35.5. The van der Waals surface area contributed by atoms with E-state index in [-0.39, 0.29) is 12.4 Å². The maximum absolute atomic E-state index is 13.4. The van der Waals surface area contributed by atoms with E-state index in [2.05, 4.69) is 15.4 Å². The Morgan fingerprint density at radius 2 is 1.42 bits per heavy atom. The van der Waals surface area contributed by atoms with Crippen LogP contribution in [0, 0.1) is 0 Å². The summed E-state index contributed by atoms with van der Waals surface area (Å²) in [4.78, 5) is 37.4. The molecule has 1 atom stereocenters. The fourth-order valence-corrected chi connectivity index (χ4v) is 4.91. The van der Waals surface area contributed by atoms with Gasteiger partial charge in [-0.2, -0.15) is 0 Å². The number of hydrogen-bond donors (Lipinski definition) is 2. The van der Waals surface area contributed by atoms with Crippen LogP contribution < -0.4 is 15.4 Å². The number of benzene rings is 4. The lowest BCUT2D eigenvalue weighted by atomic mass is 10.00. The molecule has 45 heavy (non-hydrogen) atoms. The normalized spacial score (nSPS) is 11.3. The molecule has 8 nitrogen and oxygen atoms in total. The van der Waals surface area contributed by atoms with Gasteiger partial charge in [0.1, 0.15) is 17.5 Å². The van der Waals surface area contributed by atoms with Gasteiger partial charge in [0.25, 0.3) is 5.91 Å². The summed E-state index contributed by atoms with van der Waals surface area (Å²) in [5.74, 6) is 0.288. The largest absolute Gasteiger partial charge is 0.469 e. The Morgan fingerprint density at radius 3 is 2.09 bits per heavy atom. The quantitative estimate of drug-likeness (QED) is 0.104. The van der Waals surface area contributed by atoms with Gasteiger partial charge in [0.15, 0.2) is 0 Å². The minimum absolute atomic E-state index is 0.226. The van der Waals surface area contributed by atoms with Gasteiger partial charge in [-0.3, -0.25) is 9.59 Å². The number of unbranched alkanes of at least 4 members (excludes halogenated alkanes) is 2. The fraction of sp³-hybridized carbons (Fsp3) is 0.250. The molecule has 0 spiro atoms. The molecule has 0 fully saturated rings. The minimum atomic E-state index is -0.909. The first-order valence-corrected chi connectivity index (χ1v) is 15.2. The van der Waals surface area contributed by atoms with Gasteiger partial charge in [-0.25, -0.2) is 4.79 Å². The van der Waals surface area contributed by atoms with Gasteiger partial charge in [-0.05, 0) is 72.0 Å². The van der Waals surface area contributed by atoms with Gasteiger partial charge < -0.3 is 24.8 Å². The summed E-state index contributed by atoms with van der Waals surface area (Å²) in [5, 5.41) is 6.49. The Labute approximate surface area is 268 Å². The number of carbonyl (C=O) groups is 3. The smallest absolute Gasteiger partial charge is 0.328 e. The van der Waals surface area contributed by atoms with E-state index >= 15 is 0 Å². The van der Waals surface area contributed by atoms with Crippen LogP contribution in [0.15, 0.2) is 97.1 Å². The Hall–Kier alpha value is -4.82. The highest BCUT2D eigenvalue weighted by molar-refractivity contribution is 6.31. The van der Waals surface area contributed by atoms with Crippen LogP contribution in [-0.4, -0.2) is 44.7 Å². The van der Waals surface area contributed by atoms with Crippen molar-refractivity contribution in [3.63, 3.8) is 0 Å². The van der Waals surface area contributed by atoms with Crippen LogP contribution in [0.4, 0.5) is 5.69 Å². The molecule has 4 rings (SSSR count). The van der Waals surface area contributed by atoms with Gasteiger partial charge in [0, 0.05) is 30.1 Å². The number of para-hydroxylation sites is 1. The molecule has 1 amide bonds. The van der Waals surface area contributed by atoms with E-state index in [0.717, 1.165) is 47.5 Å². The fourth-order valence-electron chi connectivity index (χ4n) is 4.74. The summed E-state index contributed by atoms with van der Waals surface area (Å²) in [6.45, 7) is 0.596. The third-order valence-electron chi connectivity index (χ3n) is 7.18. The van der Waals surface area contributed by atoms with Crippen molar-refractivity contribution in [2.75, 3.05) is 26.1 Å². The van der Waals surface area contributed by atoms with E-state index in [1.807, 2.05) is 78.9 Å². The predicted octanol–water partition coefficient (Wildman–Crippen LogP) is 7.46. The molecule has 0 radical (unpaired) electrons. The SMILES string of the molecule is COC(=O)CCCCCNc1ccc(Cl)cc1C(=O)N[C@@H](Cc1ccc(-c2ccc(Oc3ccccc3)cc2)cc1)C(=O)OC. The summed E-state index contributed by atoms with van der Waals surface area (Å²) in [6, 6.07) is 29.3. The van der Waals surface area contributed by atoms with Crippen molar-refractivity contribution in [2.24, 2.45) is 0 Å². The Bertz CT molecular complexity index is 1560. The van der Waals surface area contributed by atoms with Crippen molar-refractivity contribution in [2.45, 2.75) is 38.1 Å². The number of methoxy groups -OCH3 is 2. The molecule has 0 aromatic heterocycles. The molecule has 0 unspecified atom stereocenters.